The molecule has 0 radical (unpaired) electrons. The number of rotatable bonds is 4. The van der Waals surface area contributed by atoms with Gasteiger partial charge in [0.05, 0.1) is 31.4 Å². The molecule has 23 heavy (non-hydrogen) atoms. The van der Waals surface area contributed by atoms with Crippen LogP contribution in [0.3, 0.4) is 0 Å². The number of hydrogen-bond acceptors (Lipinski definition) is 6. The second kappa shape index (κ2) is 8.50. The minimum Gasteiger partial charge on any atom is -0.465 e. The predicted molar refractivity (Wildman–Crippen MR) is 86.0 cm³/mol. The molecule has 1 amide bonds. The molecule has 1 aliphatic heterocycles. The van der Waals surface area contributed by atoms with Gasteiger partial charge < -0.3 is 20.1 Å². The standard InChI is InChI=1S/C15H18N2O5.ClH/c1-21-14(19)9-6-10(15(20)22-2)8-11(7-9)17-13(18)12-4-3-5-16-12;/h6-8,12,16H,3-5H2,1-2H3,(H,17,18);1H/t12-;/m0./s1. The molecule has 0 unspecified atom stereocenters. The summed E-state index contributed by atoms with van der Waals surface area (Å²) in [5.41, 5.74) is 0.683. The Balaban J connectivity index is 0.00000264. The molecule has 8 heteroatoms. The van der Waals surface area contributed by atoms with Gasteiger partial charge in [-0.2, -0.15) is 0 Å². The van der Waals surface area contributed by atoms with Crippen molar-refractivity contribution >= 4 is 35.9 Å². The molecule has 0 aromatic heterocycles. The molecule has 126 valence electrons. The molecule has 0 aliphatic carbocycles. The van der Waals surface area contributed by atoms with Crippen molar-refractivity contribution in [2.75, 3.05) is 26.1 Å². The van der Waals surface area contributed by atoms with Gasteiger partial charge in [0.2, 0.25) is 5.91 Å². The molecule has 0 spiro atoms. The van der Waals surface area contributed by atoms with E-state index >= 15 is 0 Å². The maximum absolute atomic E-state index is 12.1. The zero-order chi connectivity index (χ0) is 16.1. The van der Waals surface area contributed by atoms with Crippen LogP contribution in [-0.4, -0.2) is 44.7 Å². The Bertz CT molecular complexity index is 565. The molecule has 2 rings (SSSR count). The van der Waals surface area contributed by atoms with Crippen LogP contribution in [0.25, 0.3) is 0 Å². The summed E-state index contributed by atoms with van der Waals surface area (Å²) in [4.78, 5) is 35.5. The highest BCUT2D eigenvalue weighted by atomic mass is 35.5. The van der Waals surface area contributed by atoms with Crippen molar-refractivity contribution in [1.29, 1.82) is 0 Å². The summed E-state index contributed by atoms with van der Waals surface area (Å²) in [7, 11) is 2.49. The van der Waals surface area contributed by atoms with Gasteiger partial charge in [-0.25, -0.2) is 9.59 Å². The van der Waals surface area contributed by atoms with Gasteiger partial charge in [0.1, 0.15) is 0 Å². The molecule has 1 aromatic rings. The van der Waals surface area contributed by atoms with Crippen molar-refractivity contribution in [3.05, 3.63) is 29.3 Å². The number of amides is 1. The number of esters is 2. The quantitative estimate of drug-likeness (QED) is 0.803. The number of methoxy groups -OCH3 is 2. The number of anilines is 1. The second-order valence-corrected chi connectivity index (χ2v) is 4.92. The summed E-state index contributed by atoms with van der Waals surface area (Å²) in [6, 6.07) is 4.03. The SMILES string of the molecule is COC(=O)c1cc(NC(=O)[C@@H]2CCCN2)cc(C(=O)OC)c1.Cl. The first-order valence-electron chi connectivity index (χ1n) is 6.91. The van der Waals surface area contributed by atoms with E-state index < -0.39 is 11.9 Å². The third-order valence-electron chi connectivity index (χ3n) is 3.42. The molecule has 0 bridgehead atoms. The molecule has 1 heterocycles. The maximum atomic E-state index is 12.1. The fourth-order valence-corrected chi connectivity index (χ4v) is 2.31. The van der Waals surface area contributed by atoms with E-state index in [0.29, 0.717) is 5.69 Å². The molecule has 2 N–H and O–H groups in total. The number of ether oxygens (including phenoxy) is 2. The van der Waals surface area contributed by atoms with Crippen molar-refractivity contribution in [3.63, 3.8) is 0 Å². The lowest BCUT2D eigenvalue weighted by Crippen LogP contribution is -2.35. The number of carbonyl (C=O) groups excluding carboxylic acids is 3. The molecule has 0 saturated carbocycles. The Kier molecular flexibility index (Phi) is 6.99. The minimum atomic E-state index is -0.597. The van der Waals surface area contributed by atoms with Gasteiger partial charge in [0.25, 0.3) is 0 Å². The van der Waals surface area contributed by atoms with E-state index in [9.17, 15) is 14.4 Å². The van der Waals surface area contributed by atoms with Crippen molar-refractivity contribution in [1.82, 2.24) is 5.32 Å². The molecular weight excluding hydrogens is 324 g/mol. The Hall–Kier alpha value is -2.12. The average Bonchev–Trinajstić information content (AvgIpc) is 3.07. The minimum absolute atomic E-state index is 0. The smallest absolute Gasteiger partial charge is 0.337 e. The first-order valence-corrected chi connectivity index (χ1v) is 6.91. The van der Waals surface area contributed by atoms with E-state index in [1.54, 1.807) is 0 Å². The van der Waals surface area contributed by atoms with Gasteiger partial charge in [-0.3, -0.25) is 4.79 Å². The zero-order valence-corrected chi connectivity index (χ0v) is 13.7. The summed E-state index contributed by atoms with van der Waals surface area (Å²) in [6.45, 7) is 0.799. The monoisotopic (exact) mass is 342 g/mol. The first kappa shape index (κ1) is 18.9. The molecular formula is C15H19ClN2O5. The van der Waals surface area contributed by atoms with E-state index in [1.807, 2.05) is 0 Å². The van der Waals surface area contributed by atoms with E-state index in [0.717, 1.165) is 19.4 Å². The molecule has 1 fully saturated rings. The average molecular weight is 343 g/mol. The summed E-state index contributed by atoms with van der Waals surface area (Å²) in [5, 5.41) is 5.78. The summed E-state index contributed by atoms with van der Waals surface area (Å²) < 4.78 is 9.30. The summed E-state index contributed by atoms with van der Waals surface area (Å²) in [5.74, 6) is -1.39. The third kappa shape index (κ3) is 4.67. The highest BCUT2D eigenvalue weighted by molar-refractivity contribution is 6.00. The van der Waals surface area contributed by atoms with Gasteiger partial charge in [0, 0.05) is 5.69 Å². The second-order valence-electron chi connectivity index (χ2n) is 4.92. The Labute approximate surface area is 140 Å². The van der Waals surface area contributed by atoms with Gasteiger partial charge in [0.15, 0.2) is 0 Å². The number of benzene rings is 1. The van der Waals surface area contributed by atoms with Gasteiger partial charge in [-0.1, -0.05) is 0 Å². The van der Waals surface area contributed by atoms with Crippen LogP contribution in [0, 0.1) is 0 Å². The molecule has 1 aromatic carbocycles. The van der Waals surface area contributed by atoms with E-state index in [1.165, 1.54) is 32.4 Å². The zero-order valence-electron chi connectivity index (χ0n) is 12.9. The fraction of sp³-hybridized carbons (Fsp3) is 0.400. The van der Waals surface area contributed by atoms with Crippen LogP contribution in [0.1, 0.15) is 33.6 Å². The number of carbonyl (C=O) groups is 3. The summed E-state index contributed by atoms with van der Waals surface area (Å²) >= 11 is 0. The third-order valence-corrected chi connectivity index (χ3v) is 3.42. The van der Waals surface area contributed by atoms with Crippen LogP contribution in [0.15, 0.2) is 18.2 Å². The Morgan fingerprint density at radius 3 is 2.09 bits per heavy atom. The van der Waals surface area contributed by atoms with Crippen LogP contribution < -0.4 is 10.6 Å². The predicted octanol–water partition coefficient (Wildman–Crippen LogP) is 1.37. The molecule has 1 saturated heterocycles. The Morgan fingerprint density at radius 2 is 1.65 bits per heavy atom. The molecule has 1 aliphatic rings. The lowest BCUT2D eigenvalue weighted by atomic mass is 10.1. The van der Waals surface area contributed by atoms with Gasteiger partial charge in [-0.15, -0.1) is 12.4 Å². The van der Waals surface area contributed by atoms with Crippen LogP contribution in [0.4, 0.5) is 5.69 Å². The van der Waals surface area contributed by atoms with Crippen molar-refractivity contribution in [2.45, 2.75) is 18.9 Å². The summed E-state index contributed by atoms with van der Waals surface area (Å²) in [6.07, 6.45) is 1.69. The van der Waals surface area contributed by atoms with Crippen molar-refractivity contribution < 1.29 is 23.9 Å². The van der Waals surface area contributed by atoms with Gasteiger partial charge in [-0.05, 0) is 37.6 Å². The first-order chi connectivity index (χ1) is 10.5. The van der Waals surface area contributed by atoms with E-state index in [-0.39, 0.29) is 35.5 Å². The van der Waals surface area contributed by atoms with E-state index in [4.69, 9.17) is 0 Å². The lowest BCUT2D eigenvalue weighted by molar-refractivity contribution is -0.117. The van der Waals surface area contributed by atoms with Crippen molar-refractivity contribution in [2.24, 2.45) is 0 Å². The maximum Gasteiger partial charge on any atom is 0.337 e. The van der Waals surface area contributed by atoms with Crippen molar-refractivity contribution in [3.8, 4) is 0 Å². The largest absolute Gasteiger partial charge is 0.465 e. The Morgan fingerprint density at radius 1 is 1.09 bits per heavy atom. The normalized spacial score (nSPS) is 16.2. The van der Waals surface area contributed by atoms with Crippen LogP contribution in [0.5, 0.6) is 0 Å². The molecule has 7 nitrogen and oxygen atoms in total. The van der Waals surface area contributed by atoms with Crippen LogP contribution in [-0.2, 0) is 14.3 Å². The number of halogens is 1. The fourth-order valence-electron chi connectivity index (χ4n) is 2.31. The lowest BCUT2D eigenvalue weighted by Gasteiger charge is -2.13. The highest BCUT2D eigenvalue weighted by Gasteiger charge is 2.23. The number of hydrogen-bond donors (Lipinski definition) is 2. The highest BCUT2D eigenvalue weighted by Crippen LogP contribution is 2.18. The van der Waals surface area contributed by atoms with Gasteiger partial charge >= 0.3 is 11.9 Å². The van der Waals surface area contributed by atoms with E-state index in [2.05, 4.69) is 20.1 Å². The van der Waals surface area contributed by atoms with Crippen LogP contribution in [0.2, 0.25) is 0 Å². The topological polar surface area (TPSA) is 93.7 Å². The number of nitrogens with one attached hydrogen (secondary N) is 2. The molecule has 1 atom stereocenters. The van der Waals surface area contributed by atoms with Crippen LogP contribution >= 0.6 is 12.4 Å².